The topological polar surface area (TPSA) is 33.0 Å². The molecule has 0 saturated heterocycles. The molecule has 0 radical (unpaired) electrons. The fourth-order valence-corrected chi connectivity index (χ4v) is 2.06. The molecule has 0 amide bonds. The second-order valence-corrected chi connectivity index (χ2v) is 4.65. The second-order valence-electron chi connectivity index (χ2n) is 4.65. The van der Waals surface area contributed by atoms with Crippen molar-refractivity contribution in [2.75, 3.05) is 7.11 Å². The summed E-state index contributed by atoms with van der Waals surface area (Å²) in [4.78, 5) is 0. The Morgan fingerprint density at radius 1 is 1.16 bits per heavy atom. The van der Waals surface area contributed by atoms with Crippen molar-refractivity contribution in [3.63, 3.8) is 0 Å². The molecule has 0 aliphatic rings. The van der Waals surface area contributed by atoms with Gasteiger partial charge in [-0.05, 0) is 36.6 Å². The fraction of sp³-hybridized carbons (Fsp3) is 0.235. The molecular formula is C17H17NO. The van der Waals surface area contributed by atoms with Gasteiger partial charge in [-0.3, -0.25) is 0 Å². The highest BCUT2D eigenvalue weighted by atomic mass is 16.5. The van der Waals surface area contributed by atoms with Crippen LogP contribution in [0.2, 0.25) is 0 Å². The zero-order valence-electron chi connectivity index (χ0n) is 11.3. The molecule has 1 atom stereocenters. The van der Waals surface area contributed by atoms with Crippen LogP contribution in [0.15, 0.2) is 48.5 Å². The van der Waals surface area contributed by atoms with E-state index in [1.54, 1.807) is 7.11 Å². The van der Waals surface area contributed by atoms with Gasteiger partial charge < -0.3 is 4.74 Å². The van der Waals surface area contributed by atoms with E-state index in [0.717, 1.165) is 17.7 Å². The molecule has 0 fully saturated rings. The molecule has 0 aliphatic carbocycles. The molecule has 0 N–H and O–H groups in total. The minimum atomic E-state index is -0.141. The van der Waals surface area contributed by atoms with Gasteiger partial charge in [0, 0.05) is 0 Å². The summed E-state index contributed by atoms with van der Waals surface area (Å²) in [5, 5.41) is 9.37. The van der Waals surface area contributed by atoms with Gasteiger partial charge in [0.1, 0.15) is 5.75 Å². The Hall–Kier alpha value is -2.27. The Kier molecular flexibility index (Phi) is 4.20. The van der Waals surface area contributed by atoms with E-state index >= 15 is 0 Å². The predicted octanol–water partition coefficient (Wildman–Crippen LogP) is 3.85. The zero-order chi connectivity index (χ0) is 13.7. The number of ether oxygens (including phenoxy) is 1. The van der Waals surface area contributed by atoms with E-state index in [0.29, 0.717) is 0 Å². The Bertz CT molecular complexity index is 581. The van der Waals surface area contributed by atoms with Gasteiger partial charge in [-0.15, -0.1) is 0 Å². The lowest BCUT2D eigenvalue weighted by Crippen LogP contribution is -2.01. The summed E-state index contributed by atoms with van der Waals surface area (Å²) in [6.07, 6.45) is 0.726. The summed E-state index contributed by atoms with van der Waals surface area (Å²) < 4.78 is 5.21. The number of nitriles is 1. The van der Waals surface area contributed by atoms with Crippen molar-refractivity contribution in [3.8, 4) is 11.8 Å². The van der Waals surface area contributed by atoms with Crippen molar-refractivity contribution in [2.45, 2.75) is 19.3 Å². The van der Waals surface area contributed by atoms with Crippen molar-refractivity contribution in [1.82, 2.24) is 0 Å². The van der Waals surface area contributed by atoms with Gasteiger partial charge in [-0.25, -0.2) is 0 Å². The second kappa shape index (κ2) is 6.06. The highest BCUT2D eigenvalue weighted by Crippen LogP contribution is 2.24. The number of nitrogens with zero attached hydrogens (tertiary/aromatic N) is 1. The maximum Gasteiger partial charge on any atom is 0.119 e. The Balaban J connectivity index is 2.20. The highest BCUT2D eigenvalue weighted by molar-refractivity contribution is 5.35. The van der Waals surface area contributed by atoms with E-state index < -0.39 is 0 Å². The van der Waals surface area contributed by atoms with Gasteiger partial charge in [0.25, 0.3) is 0 Å². The van der Waals surface area contributed by atoms with Crippen molar-refractivity contribution in [3.05, 3.63) is 65.2 Å². The van der Waals surface area contributed by atoms with E-state index in [4.69, 9.17) is 4.74 Å². The Morgan fingerprint density at radius 2 is 1.89 bits per heavy atom. The summed E-state index contributed by atoms with van der Waals surface area (Å²) in [5.41, 5.74) is 3.42. The molecule has 1 unspecified atom stereocenters. The maximum absolute atomic E-state index is 9.37. The smallest absolute Gasteiger partial charge is 0.119 e. The zero-order valence-corrected chi connectivity index (χ0v) is 11.3. The van der Waals surface area contributed by atoms with Crippen LogP contribution in [0.5, 0.6) is 5.75 Å². The molecule has 0 saturated carbocycles. The lowest BCUT2D eigenvalue weighted by molar-refractivity contribution is 0.414. The monoisotopic (exact) mass is 251 g/mol. The van der Waals surface area contributed by atoms with Crippen LogP contribution in [0.3, 0.4) is 0 Å². The first-order valence-corrected chi connectivity index (χ1v) is 6.32. The van der Waals surface area contributed by atoms with Crippen LogP contribution in [-0.2, 0) is 6.42 Å². The van der Waals surface area contributed by atoms with Crippen LogP contribution in [0, 0.1) is 18.3 Å². The van der Waals surface area contributed by atoms with Crippen molar-refractivity contribution in [1.29, 1.82) is 5.26 Å². The minimum absolute atomic E-state index is 0.141. The Labute approximate surface area is 114 Å². The normalized spacial score (nSPS) is 11.6. The third kappa shape index (κ3) is 3.35. The fourth-order valence-electron chi connectivity index (χ4n) is 2.06. The average molecular weight is 251 g/mol. The van der Waals surface area contributed by atoms with Crippen LogP contribution in [-0.4, -0.2) is 7.11 Å². The lowest BCUT2D eigenvalue weighted by atomic mass is 9.93. The van der Waals surface area contributed by atoms with Crippen molar-refractivity contribution >= 4 is 0 Å². The number of aryl methyl sites for hydroxylation is 1. The number of benzene rings is 2. The van der Waals surface area contributed by atoms with Crippen LogP contribution in [0.4, 0.5) is 0 Å². The van der Waals surface area contributed by atoms with Gasteiger partial charge >= 0.3 is 0 Å². The molecule has 2 aromatic rings. The van der Waals surface area contributed by atoms with Gasteiger partial charge in [0.15, 0.2) is 0 Å². The third-order valence-corrected chi connectivity index (χ3v) is 3.21. The molecule has 0 bridgehead atoms. The predicted molar refractivity (Wildman–Crippen MR) is 76.2 cm³/mol. The quantitative estimate of drug-likeness (QED) is 0.826. The summed E-state index contributed by atoms with van der Waals surface area (Å²) in [7, 11) is 1.64. The van der Waals surface area contributed by atoms with E-state index in [2.05, 4.69) is 37.3 Å². The van der Waals surface area contributed by atoms with Crippen LogP contribution in [0.25, 0.3) is 0 Å². The molecule has 2 heteroatoms. The molecule has 2 nitrogen and oxygen atoms in total. The van der Waals surface area contributed by atoms with Crippen molar-refractivity contribution < 1.29 is 4.74 Å². The number of methoxy groups -OCH3 is 1. The van der Waals surface area contributed by atoms with E-state index in [-0.39, 0.29) is 5.92 Å². The summed E-state index contributed by atoms with van der Waals surface area (Å²) in [5.74, 6) is 0.652. The van der Waals surface area contributed by atoms with Gasteiger partial charge in [0.05, 0.1) is 19.1 Å². The Morgan fingerprint density at radius 3 is 2.53 bits per heavy atom. The molecule has 0 aromatic heterocycles. The molecule has 2 aromatic carbocycles. The molecule has 96 valence electrons. The summed E-state index contributed by atoms with van der Waals surface area (Å²) in [6.45, 7) is 2.06. The van der Waals surface area contributed by atoms with E-state index in [1.165, 1.54) is 11.1 Å². The molecule has 2 rings (SSSR count). The molecular weight excluding hydrogens is 234 g/mol. The third-order valence-electron chi connectivity index (χ3n) is 3.21. The largest absolute Gasteiger partial charge is 0.497 e. The maximum atomic E-state index is 9.37. The SMILES string of the molecule is COc1cccc(C(C#N)Cc2ccc(C)cc2)c1. The van der Waals surface area contributed by atoms with E-state index in [1.807, 2.05) is 24.3 Å². The first-order valence-electron chi connectivity index (χ1n) is 6.32. The van der Waals surface area contributed by atoms with Gasteiger partial charge in [-0.1, -0.05) is 42.0 Å². The minimum Gasteiger partial charge on any atom is -0.497 e. The van der Waals surface area contributed by atoms with Crippen LogP contribution < -0.4 is 4.74 Å². The first kappa shape index (κ1) is 13.2. The summed E-state index contributed by atoms with van der Waals surface area (Å²) >= 11 is 0. The first-order chi connectivity index (χ1) is 9.22. The molecule has 0 aliphatic heterocycles. The summed E-state index contributed by atoms with van der Waals surface area (Å²) in [6, 6.07) is 18.4. The highest BCUT2D eigenvalue weighted by Gasteiger charge is 2.12. The standard InChI is InChI=1S/C17H17NO/c1-13-6-8-14(9-7-13)10-16(12-18)15-4-3-5-17(11-15)19-2/h3-9,11,16H,10H2,1-2H3. The van der Waals surface area contributed by atoms with Gasteiger partial charge in [-0.2, -0.15) is 5.26 Å². The van der Waals surface area contributed by atoms with Crippen LogP contribution >= 0.6 is 0 Å². The average Bonchev–Trinajstić information content (AvgIpc) is 2.46. The van der Waals surface area contributed by atoms with Crippen LogP contribution in [0.1, 0.15) is 22.6 Å². The van der Waals surface area contributed by atoms with Gasteiger partial charge in [0.2, 0.25) is 0 Å². The van der Waals surface area contributed by atoms with Crippen molar-refractivity contribution in [2.24, 2.45) is 0 Å². The lowest BCUT2D eigenvalue weighted by Gasteiger charge is -2.11. The number of hydrogen-bond donors (Lipinski definition) is 0. The van der Waals surface area contributed by atoms with E-state index in [9.17, 15) is 5.26 Å². The number of rotatable bonds is 4. The molecule has 0 heterocycles. The number of hydrogen-bond acceptors (Lipinski definition) is 2. The molecule has 0 spiro atoms. The molecule has 19 heavy (non-hydrogen) atoms.